The van der Waals surface area contributed by atoms with Crippen LogP contribution in [0.1, 0.15) is 23.2 Å². The van der Waals surface area contributed by atoms with E-state index in [2.05, 4.69) is 0 Å². The lowest BCUT2D eigenvalue weighted by Crippen LogP contribution is -2.27. The third-order valence-corrected chi connectivity index (χ3v) is 3.01. The third-order valence-electron chi connectivity index (χ3n) is 3.01. The molecule has 0 bridgehead atoms. The minimum absolute atomic E-state index is 0.117. The molecule has 4 nitrogen and oxygen atoms in total. The summed E-state index contributed by atoms with van der Waals surface area (Å²) < 4.78 is 6.95. The van der Waals surface area contributed by atoms with E-state index < -0.39 is 0 Å². The van der Waals surface area contributed by atoms with E-state index in [4.69, 9.17) is 10.5 Å². The topological polar surface area (TPSA) is 57.2 Å². The van der Waals surface area contributed by atoms with Crippen molar-refractivity contribution in [3.63, 3.8) is 0 Å². The molecule has 1 aromatic rings. The molecule has 2 rings (SSSR count). The molecule has 0 radical (unpaired) electrons. The molecule has 0 amide bonds. The maximum absolute atomic E-state index is 12.1. The molecule has 1 aromatic heterocycles. The summed E-state index contributed by atoms with van der Waals surface area (Å²) in [6.07, 6.45) is 6.23. The van der Waals surface area contributed by atoms with Crippen molar-refractivity contribution in [1.29, 1.82) is 0 Å². The van der Waals surface area contributed by atoms with Gasteiger partial charge in [0.1, 0.15) is 0 Å². The second-order valence-electron chi connectivity index (χ2n) is 4.19. The normalized spacial score (nSPS) is 17.6. The Morgan fingerprint density at radius 3 is 2.94 bits per heavy atom. The highest BCUT2D eigenvalue weighted by atomic mass is 16.5. The lowest BCUT2D eigenvalue weighted by atomic mass is 9.99. The van der Waals surface area contributed by atoms with Crippen LogP contribution in [0.3, 0.4) is 0 Å². The highest BCUT2D eigenvalue weighted by molar-refractivity contribution is 5.81. The van der Waals surface area contributed by atoms with Crippen LogP contribution in [-0.4, -0.2) is 30.2 Å². The summed E-state index contributed by atoms with van der Waals surface area (Å²) in [5, 5.41) is 0. The lowest BCUT2D eigenvalue weighted by Gasteiger charge is -2.20. The van der Waals surface area contributed by atoms with Crippen LogP contribution < -0.4 is 5.73 Å². The van der Waals surface area contributed by atoms with Gasteiger partial charge in [-0.25, -0.2) is 0 Å². The van der Waals surface area contributed by atoms with E-state index in [0.29, 0.717) is 19.8 Å². The van der Waals surface area contributed by atoms with Crippen molar-refractivity contribution in [3.8, 4) is 0 Å². The molecule has 1 saturated heterocycles. The second kappa shape index (κ2) is 5.27. The van der Waals surface area contributed by atoms with Gasteiger partial charge in [0.05, 0.1) is 0 Å². The Balaban J connectivity index is 2.01. The van der Waals surface area contributed by atoms with Gasteiger partial charge >= 0.3 is 0 Å². The molecular formula is C12H18N2O2. The van der Waals surface area contributed by atoms with Crippen LogP contribution in [0.2, 0.25) is 0 Å². The van der Waals surface area contributed by atoms with Gasteiger partial charge in [0.15, 0.2) is 0 Å². The van der Waals surface area contributed by atoms with Crippen LogP contribution in [0.15, 0.2) is 18.5 Å². The number of hydrogen-bond donors (Lipinski definition) is 1. The SMILES string of the molecule is NCCc1ccn(C(=O)C2CCOCC2)c1. The number of aromatic nitrogens is 1. The van der Waals surface area contributed by atoms with Crippen LogP contribution >= 0.6 is 0 Å². The van der Waals surface area contributed by atoms with E-state index in [1.807, 2.05) is 18.5 Å². The maximum atomic E-state index is 12.1. The van der Waals surface area contributed by atoms with Crippen molar-refractivity contribution in [2.24, 2.45) is 11.7 Å². The average molecular weight is 222 g/mol. The Bertz CT molecular complexity index is 354. The standard InChI is InChI=1S/C12H18N2O2/c13-5-1-10-2-6-14(9-10)12(15)11-3-7-16-8-4-11/h2,6,9,11H,1,3-5,7-8,13H2. The Hall–Kier alpha value is -1.13. The zero-order chi connectivity index (χ0) is 11.4. The molecule has 0 aromatic carbocycles. The number of hydrogen-bond acceptors (Lipinski definition) is 3. The Morgan fingerprint density at radius 1 is 1.50 bits per heavy atom. The molecule has 4 heteroatoms. The molecule has 2 heterocycles. The number of ether oxygens (including phenoxy) is 1. The summed E-state index contributed by atoms with van der Waals surface area (Å²) in [5.41, 5.74) is 6.61. The summed E-state index contributed by atoms with van der Waals surface area (Å²) in [5.74, 6) is 0.304. The zero-order valence-corrected chi connectivity index (χ0v) is 9.39. The molecule has 0 atom stereocenters. The average Bonchev–Trinajstić information content (AvgIpc) is 2.78. The van der Waals surface area contributed by atoms with Crippen LogP contribution in [0.5, 0.6) is 0 Å². The number of rotatable bonds is 3. The summed E-state index contributed by atoms with van der Waals surface area (Å²) in [4.78, 5) is 12.1. The van der Waals surface area contributed by atoms with Gasteiger partial charge in [0, 0.05) is 31.5 Å². The predicted molar refractivity (Wildman–Crippen MR) is 61.4 cm³/mol. The molecule has 16 heavy (non-hydrogen) atoms. The maximum Gasteiger partial charge on any atom is 0.233 e. The minimum atomic E-state index is 0.117. The van der Waals surface area contributed by atoms with Gasteiger partial charge in [0.2, 0.25) is 5.91 Å². The highest BCUT2D eigenvalue weighted by Crippen LogP contribution is 2.17. The molecule has 0 aliphatic carbocycles. The zero-order valence-electron chi connectivity index (χ0n) is 9.39. The molecule has 0 saturated carbocycles. The molecule has 0 spiro atoms. The van der Waals surface area contributed by atoms with Gasteiger partial charge in [-0.2, -0.15) is 0 Å². The van der Waals surface area contributed by atoms with Crippen molar-refractivity contribution in [2.75, 3.05) is 19.8 Å². The fraction of sp³-hybridized carbons (Fsp3) is 0.583. The van der Waals surface area contributed by atoms with Gasteiger partial charge in [-0.3, -0.25) is 9.36 Å². The van der Waals surface area contributed by atoms with Gasteiger partial charge in [-0.05, 0) is 37.4 Å². The summed E-state index contributed by atoms with van der Waals surface area (Å²) in [6, 6.07) is 1.96. The van der Waals surface area contributed by atoms with Crippen molar-refractivity contribution >= 4 is 5.91 Å². The number of nitrogens with two attached hydrogens (primary N) is 1. The van der Waals surface area contributed by atoms with Gasteiger partial charge < -0.3 is 10.5 Å². The molecule has 1 aliphatic rings. The summed E-state index contributed by atoms with van der Waals surface area (Å²) >= 11 is 0. The van der Waals surface area contributed by atoms with Crippen molar-refractivity contribution in [3.05, 3.63) is 24.0 Å². The number of nitrogens with zero attached hydrogens (tertiary/aromatic N) is 1. The van der Waals surface area contributed by atoms with E-state index in [0.717, 1.165) is 24.8 Å². The third kappa shape index (κ3) is 2.51. The van der Waals surface area contributed by atoms with Gasteiger partial charge in [0.25, 0.3) is 0 Å². The van der Waals surface area contributed by atoms with E-state index in [9.17, 15) is 4.79 Å². The van der Waals surface area contributed by atoms with E-state index in [1.54, 1.807) is 4.57 Å². The Labute approximate surface area is 95.4 Å². The van der Waals surface area contributed by atoms with Gasteiger partial charge in [-0.1, -0.05) is 0 Å². The molecule has 88 valence electrons. The summed E-state index contributed by atoms with van der Waals surface area (Å²) in [7, 11) is 0. The predicted octanol–water partition coefficient (Wildman–Crippen LogP) is 1.06. The lowest BCUT2D eigenvalue weighted by molar-refractivity contribution is 0.0486. The first-order valence-corrected chi connectivity index (χ1v) is 5.80. The van der Waals surface area contributed by atoms with Crippen LogP contribution in [0.25, 0.3) is 0 Å². The monoisotopic (exact) mass is 222 g/mol. The minimum Gasteiger partial charge on any atom is -0.381 e. The van der Waals surface area contributed by atoms with E-state index in [1.165, 1.54) is 0 Å². The second-order valence-corrected chi connectivity index (χ2v) is 4.19. The van der Waals surface area contributed by atoms with Gasteiger partial charge in [-0.15, -0.1) is 0 Å². The number of carbonyl (C=O) groups excluding carboxylic acids is 1. The Morgan fingerprint density at radius 2 is 2.25 bits per heavy atom. The van der Waals surface area contributed by atoms with Crippen molar-refractivity contribution < 1.29 is 9.53 Å². The largest absolute Gasteiger partial charge is 0.381 e. The molecule has 2 N–H and O–H groups in total. The molecule has 1 aliphatic heterocycles. The first kappa shape index (κ1) is 11.4. The van der Waals surface area contributed by atoms with Crippen molar-refractivity contribution in [2.45, 2.75) is 19.3 Å². The first-order valence-electron chi connectivity index (χ1n) is 5.80. The smallest absolute Gasteiger partial charge is 0.233 e. The van der Waals surface area contributed by atoms with Crippen LogP contribution in [-0.2, 0) is 11.2 Å². The highest BCUT2D eigenvalue weighted by Gasteiger charge is 2.22. The molecule has 1 fully saturated rings. The fourth-order valence-electron chi connectivity index (χ4n) is 2.05. The van der Waals surface area contributed by atoms with Crippen molar-refractivity contribution in [1.82, 2.24) is 4.57 Å². The fourth-order valence-corrected chi connectivity index (χ4v) is 2.05. The van der Waals surface area contributed by atoms with Crippen LogP contribution in [0.4, 0.5) is 0 Å². The quantitative estimate of drug-likeness (QED) is 0.831. The number of carbonyl (C=O) groups is 1. The van der Waals surface area contributed by atoms with E-state index >= 15 is 0 Å². The molecule has 0 unspecified atom stereocenters. The Kier molecular flexibility index (Phi) is 3.74. The summed E-state index contributed by atoms with van der Waals surface area (Å²) in [6.45, 7) is 2.02. The van der Waals surface area contributed by atoms with Crippen LogP contribution in [0, 0.1) is 5.92 Å². The molecular weight excluding hydrogens is 204 g/mol. The first-order chi connectivity index (χ1) is 7.81. The van der Waals surface area contributed by atoms with E-state index in [-0.39, 0.29) is 11.8 Å².